The average Bonchev–Trinajstić information content (AvgIpc) is 2.68. The standard InChI is InChI=1S/C24H26BrO2P/c1-24(2,3)27-23(26)21-17-11-12-18-22(21)28(4,25,19-13-7-5-8-14-19)20-15-9-6-10-16-20/h5-18H,1-4H3. The predicted octanol–water partition coefficient (Wildman–Crippen LogP) is 5.41. The molecule has 0 radical (unpaired) electrons. The summed E-state index contributed by atoms with van der Waals surface area (Å²) in [7, 11) is 0. The SMILES string of the molecule is CC(C)(C)OC(=O)c1ccccc1P(C)(Br)(c1ccccc1)c1ccccc1. The number of carbonyl (C=O) groups is 1. The molecule has 3 aromatic rings. The Hall–Kier alpha value is -1.96. The van der Waals surface area contributed by atoms with Crippen LogP contribution < -0.4 is 15.9 Å². The molecule has 0 saturated carbocycles. The number of ether oxygens (including phenoxy) is 1. The van der Waals surface area contributed by atoms with E-state index in [2.05, 4.69) is 46.4 Å². The molecule has 0 spiro atoms. The molecule has 0 heterocycles. The van der Waals surface area contributed by atoms with Crippen LogP contribution in [0.5, 0.6) is 0 Å². The van der Waals surface area contributed by atoms with Gasteiger partial charge in [0, 0.05) is 0 Å². The van der Waals surface area contributed by atoms with Crippen molar-refractivity contribution in [3.05, 3.63) is 90.5 Å². The zero-order chi connectivity index (χ0) is 20.4. The summed E-state index contributed by atoms with van der Waals surface area (Å²) in [4.78, 5) is 13.1. The Bertz CT molecular complexity index is 933. The van der Waals surface area contributed by atoms with Gasteiger partial charge in [-0.2, -0.15) is 0 Å². The number of hydrogen-bond donors (Lipinski definition) is 0. The van der Waals surface area contributed by atoms with Gasteiger partial charge in [0.15, 0.2) is 0 Å². The van der Waals surface area contributed by atoms with Crippen LogP contribution in [0.3, 0.4) is 0 Å². The van der Waals surface area contributed by atoms with Gasteiger partial charge >= 0.3 is 176 Å². The molecule has 0 N–H and O–H groups in total. The number of esters is 1. The second-order valence-electron chi connectivity index (χ2n) is 8.12. The van der Waals surface area contributed by atoms with Crippen LogP contribution >= 0.6 is 20.8 Å². The predicted molar refractivity (Wildman–Crippen MR) is 125 cm³/mol. The Morgan fingerprint density at radius 1 is 0.786 bits per heavy atom. The van der Waals surface area contributed by atoms with Crippen molar-refractivity contribution in [2.45, 2.75) is 26.4 Å². The maximum atomic E-state index is 13.1. The molecular weight excluding hydrogens is 431 g/mol. The summed E-state index contributed by atoms with van der Waals surface area (Å²) in [6.45, 7) is 7.91. The van der Waals surface area contributed by atoms with Crippen LogP contribution in [0, 0.1) is 0 Å². The molecule has 0 aromatic heterocycles. The van der Waals surface area contributed by atoms with E-state index in [0.717, 1.165) is 15.9 Å². The fourth-order valence-corrected chi connectivity index (χ4v) is 9.58. The summed E-state index contributed by atoms with van der Waals surface area (Å²) in [5, 5.41) is 0.240. The molecule has 0 fully saturated rings. The summed E-state index contributed by atoms with van der Waals surface area (Å²) in [6, 6.07) is 28.5. The normalized spacial score (nSPS) is 13.4. The van der Waals surface area contributed by atoms with Gasteiger partial charge in [-0.1, -0.05) is 0 Å². The van der Waals surface area contributed by atoms with Crippen molar-refractivity contribution in [2.24, 2.45) is 0 Å². The molecule has 0 bridgehead atoms. The van der Waals surface area contributed by atoms with Crippen molar-refractivity contribution in [1.82, 2.24) is 0 Å². The van der Waals surface area contributed by atoms with Crippen LogP contribution in [0.1, 0.15) is 31.1 Å². The molecule has 0 amide bonds. The van der Waals surface area contributed by atoms with Crippen LogP contribution in [-0.2, 0) is 4.74 Å². The molecule has 0 atom stereocenters. The molecule has 4 heteroatoms. The van der Waals surface area contributed by atoms with Gasteiger partial charge in [0.05, 0.1) is 0 Å². The molecule has 0 saturated heterocycles. The quantitative estimate of drug-likeness (QED) is 0.387. The second kappa shape index (κ2) is 7.46. The van der Waals surface area contributed by atoms with Crippen LogP contribution in [0.25, 0.3) is 0 Å². The number of rotatable bonds is 4. The Kier molecular flexibility index (Phi) is 5.53. The van der Waals surface area contributed by atoms with Crippen molar-refractivity contribution in [3.63, 3.8) is 0 Å². The van der Waals surface area contributed by atoms with Crippen molar-refractivity contribution in [2.75, 3.05) is 6.66 Å². The van der Waals surface area contributed by atoms with Crippen LogP contribution in [0.15, 0.2) is 84.9 Å². The first-order valence-corrected chi connectivity index (χ1v) is 14.0. The first kappa shape index (κ1) is 20.8. The molecule has 2 nitrogen and oxygen atoms in total. The molecule has 0 aliphatic rings. The van der Waals surface area contributed by atoms with Gasteiger partial charge in [-0.05, 0) is 0 Å². The van der Waals surface area contributed by atoms with Gasteiger partial charge in [0.1, 0.15) is 0 Å². The molecule has 3 aromatic carbocycles. The first-order valence-electron chi connectivity index (χ1n) is 9.30. The molecule has 0 aliphatic heterocycles. The zero-order valence-corrected chi connectivity index (χ0v) is 19.2. The van der Waals surface area contributed by atoms with Crippen LogP contribution in [0.2, 0.25) is 0 Å². The van der Waals surface area contributed by atoms with Gasteiger partial charge in [0.2, 0.25) is 0 Å². The fourth-order valence-electron chi connectivity index (χ4n) is 3.44. The van der Waals surface area contributed by atoms with E-state index in [1.54, 1.807) is 0 Å². The monoisotopic (exact) mass is 456 g/mol. The zero-order valence-electron chi connectivity index (χ0n) is 16.7. The van der Waals surface area contributed by atoms with Crippen molar-refractivity contribution in [1.29, 1.82) is 0 Å². The van der Waals surface area contributed by atoms with E-state index in [1.807, 2.05) is 81.4 Å². The van der Waals surface area contributed by atoms with Crippen molar-refractivity contribution in [3.8, 4) is 0 Å². The third-order valence-corrected chi connectivity index (χ3v) is 13.0. The van der Waals surface area contributed by atoms with Gasteiger partial charge in [0.25, 0.3) is 0 Å². The molecule has 3 rings (SSSR count). The summed E-state index contributed by atoms with van der Waals surface area (Å²) in [5.41, 5.74) is 0.0439. The number of benzene rings is 3. The Balaban J connectivity index is 2.32. The van der Waals surface area contributed by atoms with Gasteiger partial charge < -0.3 is 0 Å². The summed E-state index contributed by atoms with van der Waals surface area (Å²) in [5.74, 6) is -0.301. The Labute approximate surface area is 175 Å². The van der Waals surface area contributed by atoms with E-state index >= 15 is 0 Å². The minimum absolute atomic E-state index is 0.301. The van der Waals surface area contributed by atoms with Gasteiger partial charge in [-0.3, -0.25) is 0 Å². The molecule has 28 heavy (non-hydrogen) atoms. The summed E-state index contributed by atoms with van der Waals surface area (Å²) < 4.78 is 5.74. The van der Waals surface area contributed by atoms with Crippen molar-refractivity contribution >= 4 is 42.7 Å². The number of halogens is 1. The summed E-state index contributed by atoms with van der Waals surface area (Å²) >= 11 is 4.24. The molecule has 146 valence electrons. The van der Waals surface area contributed by atoms with Gasteiger partial charge in [-0.15, -0.1) is 0 Å². The van der Waals surface area contributed by atoms with Crippen molar-refractivity contribution < 1.29 is 9.53 Å². The first-order chi connectivity index (χ1) is 13.1. The molecule has 0 aliphatic carbocycles. The molecular formula is C24H26BrO2P. The average molecular weight is 457 g/mol. The van der Waals surface area contributed by atoms with Crippen LogP contribution in [0.4, 0.5) is 0 Å². The number of hydrogen-bond acceptors (Lipinski definition) is 2. The van der Waals surface area contributed by atoms with E-state index in [4.69, 9.17) is 4.74 Å². The Morgan fingerprint density at radius 3 is 1.68 bits per heavy atom. The number of carbonyl (C=O) groups excluding carboxylic acids is 1. The third-order valence-electron chi connectivity index (χ3n) is 4.84. The van der Waals surface area contributed by atoms with E-state index < -0.39 is 10.9 Å². The van der Waals surface area contributed by atoms with Crippen LogP contribution in [-0.4, -0.2) is 18.2 Å². The minimum atomic E-state index is -3.06. The van der Waals surface area contributed by atoms with E-state index in [-0.39, 0.29) is 5.97 Å². The van der Waals surface area contributed by atoms with E-state index in [1.165, 1.54) is 0 Å². The topological polar surface area (TPSA) is 26.3 Å². The molecule has 0 unspecified atom stereocenters. The maximum absolute atomic E-state index is 13.1. The van der Waals surface area contributed by atoms with E-state index in [9.17, 15) is 4.79 Å². The van der Waals surface area contributed by atoms with E-state index in [0.29, 0.717) is 5.56 Å². The Morgan fingerprint density at radius 2 is 1.21 bits per heavy atom. The third kappa shape index (κ3) is 3.79. The fraction of sp³-hybridized carbons (Fsp3) is 0.208. The summed E-state index contributed by atoms with van der Waals surface area (Å²) in [6.07, 6.45) is 0. The second-order valence-corrected chi connectivity index (χ2v) is 17.8. The van der Waals surface area contributed by atoms with Gasteiger partial charge in [-0.25, -0.2) is 0 Å².